The number of rotatable bonds is 3. The summed E-state index contributed by atoms with van der Waals surface area (Å²) in [5, 5.41) is 9.21. The molecular weight excluding hydrogens is 240 g/mol. The molecule has 1 aromatic carbocycles. The summed E-state index contributed by atoms with van der Waals surface area (Å²) in [6.07, 6.45) is 1.74. The lowest BCUT2D eigenvalue weighted by atomic mass is 10.1. The van der Waals surface area contributed by atoms with Crippen molar-refractivity contribution in [1.29, 1.82) is 5.26 Å². The van der Waals surface area contributed by atoms with Crippen molar-refractivity contribution in [1.82, 2.24) is 0 Å². The molecule has 0 amide bonds. The number of aryl methyl sites for hydroxylation is 1. The summed E-state index contributed by atoms with van der Waals surface area (Å²) < 4.78 is 5.12. The summed E-state index contributed by atoms with van der Waals surface area (Å²) in [6, 6.07) is 7.63. The number of carbonyl (C=O) groups is 1. The fraction of sp³-hybridized carbons (Fsp3) is 0.467. The van der Waals surface area contributed by atoms with Gasteiger partial charge in [-0.25, -0.2) is 4.79 Å². The van der Waals surface area contributed by atoms with Crippen LogP contribution in [0.1, 0.15) is 30.9 Å². The predicted octanol–water partition coefficient (Wildman–Crippen LogP) is 2.40. The number of esters is 1. The first kappa shape index (κ1) is 13.4. The maximum Gasteiger partial charge on any atom is 0.328 e. The van der Waals surface area contributed by atoms with E-state index in [9.17, 15) is 10.1 Å². The molecule has 4 heteroatoms. The molecule has 1 aromatic rings. The van der Waals surface area contributed by atoms with Gasteiger partial charge in [0.15, 0.2) is 0 Å². The van der Waals surface area contributed by atoms with Crippen LogP contribution in [0.2, 0.25) is 0 Å². The quantitative estimate of drug-likeness (QED) is 0.781. The molecule has 0 saturated carbocycles. The van der Waals surface area contributed by atoms with Gasteiger partial charge in [0.2, 0.25) is 0 Å². The first-order chi connectivity index (χ1) is 9.17. The summed E-state index contributed by atoms with van der Waals surface area (Å²) in [4.78, 5) is 14.0. The number of benzene rings is 1. The fourth-order valence-corrected chi connectivity index (χ4v) is 2.51. The highest BCUT2D eigenvalue weighted by molar-refractivity contribution is 5.82. The van der Waals surface area contributed by atoms with Gasteiger partial charge >= 0.3 is 5.97 Å². The van der Waals surface area contributed by atoms with Crippen LogP contribution in [0.25, 0.3) is 0 Å². The third-order valence-corrected chi connectivity index (χ3v) is 3.39. The van der Waals surface area contributed by atoms with Crippen molar-refractivity contribution in [2.45, 2.75) is 32.7 Å². The molecule has 0 spiro atoms. The number of ether oxygens (including phenoxy) is 1. The van der Waals surface area contributed by atoms with Gasteiger partial charge in [0.05, 0.1) is 17.9 Å². The molecule has 1 atom stereocenters. The normalized spacial score (nSPS) is 18.2. The lowest BCUT2D eigenvalue weighted by Crippen LogP contribution is -2.37. The highest BCUT2D eigenvalue weighted by Crippen LogP contribution is 2.30. The van der Waals surface area contributed by atoms with Gasteiger partial charge in [-0.05, 0) is 44.4 Å². The molecule has 1 aliphatic rings. The van der Waals surface area contributed by atoms with Crippen LogP contribution in [-0.2, 0) is 9.53 Å². The largest absolute Gasteiger partial charge is 0.464 e. The molecule has 4 nitrogen and oxygen atoms in total. The number of nitrogens with zero attached hydrogens (tertiary/aromatic N) is 2. The molecule has 0 N–H and O–H groups in total. The molecule has 1 saturated heterocycles. The van der Waals surface area contributed by atoms with E-state index in [1.54, 1.807) is 0 Å². The number of nitriles is 1. The summed E-state index contributed by atoms with van der Waals surface area (Å²) in [7, 11) is 0. The van der Waals surface area contributed by atoms with E-state index in [-0.39, 0.29) is 12.0 Å². The lowest BCUT2D eigenvalue weighted by Gasteiger charge is -2.26. The smallest absolute Gasteiger partial charge is 0.328 e. The minimum Gasteiger partial charge on any atom is -0.464 e. The average Bonchev–Trinajstić information content (AvgIpc) is 2.88. The Hall–Kier alpha value is -2.02. The summed E-state index contributed by atoms with van der Waals surface area (Å²) in [5.41, 5.74) is 2.54. The van der Waals surface area contributed by atoms with Crippen LogP contribution in [0.3, 0.4) is 0 Å². The second-order valence-electron chi connectivity index (χ2n) is 4.74. The molecule has 1 aliphatic heterocycles. The summed E-state index contributed by atoms with van der Waals surface area (Å²) in [5.74, 6) is -0.189. The van der Waals surface area contributed by atoms with E-state index in [2.05, 4.69) is 6.07 Å². The standard InChI is InChI=1S/C15H18N2O2/c1-3-19-15(18)13-5-4-8-17(13)14-9-11(2)6-7-12(14)10-16/h6-7,9,13H,3-5,8H2,1-2H3. The van der Waals surface area contributed by atoms with Crippen LogP contribution < -0.4 is 4.90 Å². The minimum absolute atomic E-state index is 0.189. The molecule has 19 heavy (non-hydrogen) atoms. The van der Waals surface area contributed by atoms with E-state index in [4.69, 9.17) is 4.74 Å². The first-order valence-corrected chi connectivity index (χ1v) is 6.61. The van der Waals surface area contributed by atoms with Gasteiger partial charge in [0.1, 0.15) is 12.1 Å². The van der Waals surface area contributed by atoms with Gasteiger partial charge in [-0.1, -0.05) is 6.07 Å². The van der Waals surface area contributed by atoms with E-state index in [1.807, 2.05) is 36.9 Å². The van der Waals surface area contributed by atoms with Gasteiger partial charge in [-0.15, -0.1) is 0 Å². The Labute approximate surface area is 113 Å². The van der Waals surface area contributed by atoms with Crippen LogP contribution in [0, 0.1) is 18.3 Å². The van der Waals surface area contributed by atoms with Crippen LogP contribution in [-0.4, -0.2) is 25.2 Å². The first-order valence-electron chi connectivity index (χ1n) is 6.61. The van der Waals surface area contributed by atoms with Crippen molar-refractivity contribution in [2.24, 2.45) is 0 Å². The van der Waals surface area contributed by atoms with Crippen molar-refractivity contribution < 1.29 is 9.53 Å². The Balaban J connectivity index is 2.32. The van der Waals surface area contributed by atoms with Crippen molar-refractivity contribution in [2.75, 3.05) is 18.1 Å². The zero-order chi connectivity index (χ0) is 13.8. The minimum atomic E-state index is -0.256. The van der Waals surface area contributed by atoms with Crippen LogP contribution >= 0.6 is 0 Å². The van der Waals surface area contributed by atoms with E-state index >= 15 is 0 Å². The van der Waals surface area contributed by atoms with E-state index < -0.39 is 0 Å². The van der Waals surface area contributed by atoms with Crippen molar-refractivity contribution in [3.05, 3.63) is 29.3 Å². The Morgan fingerprint density at radius 3 is 3.05 bits per heavy atom. The van der Waals surface area contributed by atoms with E-state index in [0.717, 1.165) is 30.6 Å². The molecule has 1 unspecified atom stereocenters. The van der Waals surface area contributed by atoms with E-state index in [0.29, 0.717) is 12.2 Å². The third-order valence-electron chi connectivity index (χ3n) is 3.39. The number of anilines is 1. The highest BCUT2D eigenvalue weighted by Gasteiger charge is 2.33. The van der Waals surface area contributed by atoms with Gasteiger partial charge in [0.25, 0.3) is 0 Å². The Kier molecular flexibility index (Phi) is 4.06. The van der Waals surface area contributed by atoms with Crippen LogP contribution in [0.4, 0.5) is 5.69 Å². The van der Waals surface area contributed by atoms with Crippen molar-refractivity contribution in [3.63, 3.8) is 0 Å². The Morgan fingerprint density at radius 1 is 1.58 bits per heavy atom. The summed E-state index contributed by atoms with van der Waals surface area (Å²) in [6.45, 7) is 4.98. The van der Waals surface area contributed by atoms with Gasteiger partial charge in [0, 0.05) is 6.54 Å². The van der Waals surface area contributed by atoms with Crippen molar-refractivity contribution in [3.8, 4) is 6.07 Å². The molecule has 0 radical (unpaired) electrons. The van der Waals surface area contributed by atoms with Crippen molar-refractivity contribution >= 4 is 11.7 Å². The monoisotopic (exact) mass is 258 g/mol. The van der Waals surface area contributed by atoms with Gasteiger partial charge < -0.3 is 9.64 Å². The number of carbonyl (C=O) groups excluding carboxylic acids is 1. The molecule has 1 fully saturated rings. The molecule has 1 heterocycles. The molecule has 0 aromatic heterocycles. The third kappa shape index (κ3) is 2.70. The second-order valence-corrected chi connectivity index (χ2v) is 4.74. The lowest BCUT2D eigenvalue weighted by molar-refractivity contribution is -0.144. The predicted molar refractivity (Wildman–Crippen MR) is 72.9 cm³/mol. The topological polar surface area (TPSA) is 53.3 Å². The van der Waals surface area contributed by atoms with E-state index in [1.165, 1.54) is 0 Å². The zero-order valence-corrected chi connectivity index (χ0v) is 11.3. The number of hydrogen-bond donors (Lipinski definition) is 0. The van der Waals surface area contributed by atoms with Gasteiger partial charge in [-0.2, -0.15) is 5.26 Å². The fourth-order valence-electron chi connectivity index (χ4n) is 2.51. The SMILES string of the molecule is CCOC(=O)C1CCCN1c1cc(C)ccc1C#N. The zero-order valence-electron chi connectivity index (χ0n) is 11.3. The molecule has 100 valence electrons. The molecule has 2 rings (SSSR count). The maximum absolute atomic E-state index is 12.0. The summed E-state index contributed by atoms with van der Waals surface area (Å²) >= 11 is 0. The van der Waals surface area contributed by atoms with Gasteiger partial charge in [-0.3, -0.25) is 0 Å². The second kappa shape index (κ2) is 5.75. The van der Waals surface area contributed by atoms with Crippen LogP contribution in [0.15, 0.2) is 18.2 Å². The molecule has 0 aliphatic carbocycles. The Morgan fingerprint density at radius 2 is 2.37 bits per heavy atom. The Bertz CT molecular complexity index is 519. The maximum atomic E-state index is 12.0. The molecular formula is C15H18N2O2. The number of hydrogen-bond acceptors (Lipinski definition) is 4. The average molecular weight is 258 g/mol. The highest BCUT2D eigenvalue weighted by atomic mass is 16.5. The molecule has 0 bridgehead atoms. The van der Waals surface area contributed by atoms with Crippen LogP contribution in [0.5, 0.6) is 0 Å².